The number of rotatable bonds is 3. The van der Waals surface area contributed by atoms with Crippen molar-refractivity contribution in [1.29, 1.82) is 0 Å². The summed E-state index contributed by atoms with van der Waals surface area (Å²) in [5, 5.41) is 4.59. The number of hydrogen-bond donors (Lipinski definition) is 1. The van der Waals surface area contributed by atoms with Crippen molar-refractivity contribution < 1.29 is 4.79 Å². The van der Waals surface area contributed by atoms with E-state index in [1.54, 1.807) is 47.0 Å². The zero-order valence-electron chi connectivity index (χ0n) is 16.8. The van der Waals surface area contributed by atoms with E-state index in [1.807, 2.05) is 30.3 Å². The smallest absolute Gasteiger partial charge is 0.261 e. The molecular weight excluding hydrogens is 445 g/mol. The van der Waals surface area contributed by atoms with Gasteiger partial charge in [0.05, 0.1) is 10.9 Å². The first kappa shape index (κ1) is 20.5. The fraction of sp³-hybridized carbons (Fsp3) is 0.0800. The highest BCUT2D eigenvalue weighted by molar-refractivity contribution is 6.31. The number of aromatic nitrogens is 2. The number of fused-ring (bicyclic) bond motifs is 2. The van der Waals surface area contributed by atoms with Gasteiger partial charge in [-0.3, -0.25) is 14.2 Å². The molecule has 0 atom stereocenters. The number of benzene rings is 3. The van der Waals surface area contributed by atoms with Crippen LogP contribution in [0.2, 0.25) is 10.0 Å². The van der Waals surface area contributed by atoms with Crippen molar-refractivity contribution in [3.63, 3.8) is 0 Å². The third-order valence-electron chi connectivity index (χ3n) is 5.40. The SMILES string of the molecule is O=C(Nc1cccc(/C=C2\CCn3c2nc2cc(Cl)ccc2c3=O)c1)c1ccc(Cl)cc1. The Morgan fingerprint density at radius 3 is 2.59 bits per heavy atom. The van der Waals surface area contributed by atoms with Gasteiger partial charge in [0.15, 0.2) is 0 Å². The van der Waals surface area contributed by atoms with Crippen molar-refractivity contribution in [3.05, 3.63) is 104 Å². The minimum atomic E-state index is -0.214. The predicted molar refractivity (Wildman–Crippen MR) is 129 cm³/mol. The molecule has 1 amide bonds. The number of halogens is 2. The summed E-state index contributed by atoms with van der Waals surface area (Å²) in [6.45, 7) is 0.582. The lowest BCUT2D eigenvalue weighted by Gasteiger charge is -2.08. The van der Waals surface area contributed by atoms with Gasteiger partial charge < -0.3 is 5.32 Å². The molecular formula is C25H17Cl2N3O2. The quantitative estimate of drug-likeness (QED) is 0.412. The highest BCUT2D eigenvalue weighted by atomic mass is 35.5. The summed E-state index contributed by atoms with van der Waals surface area (Å²) in [7, 11) is 0. The van der Waals surface area contributed by atoms with Crippen molar-refractivity contribution in [3.8, 4) is 0 Å². The lowest BCUT2D eigenvalue weighted by molar-refractivity contribution is 0.102. The van der Waals surface area contributed by atoms with Gasteiger partial charge in [0.2, 0.25) is 0 Å². The van der Waals surface area contributed by atoms with Gasteiger partial charge in [-0.05, 0) is 78.2 Å². The van der Waals surface area contributed by atoms with Crippen LogP contribution in [0.5, 0.6) is 0 Å². The van der Waals surface area contributed by atoms with Gasteiger partial charge in [-0.15, -0.1) is 0 Å². The average molecular weight is 462 g/mol. The predicted octanol–water partition coefficient (Wildman–Crippen LogP) is 5.90. The summed E-state index contributed by atoms with van der Waals surface area (Å²) in [5.41, 5.74) is 3.59. The Labute approximate surface area is 193 Å². The maximum Gasteiger partial charge on any atom is 0.261 e. The highest BCUT2D eigenvalue weighted by Crippen LogP contribution is 2.28. The summed E-state index contributed by atoms with van der Waals surface area (Å²) in [6, 6.07) is 19.4. The van der Waals surface area contributed by atoms with E-state index in [2.05, 4.69) is 5.32 Å². The first-order chi connectivity index (χ1) is 15.5. The van der Waals surface area contributed by atoms with Crippen LogP contribution in [0, 0.1) is 0 Å². The Kier molecular flexibility index (Phi) is 5.29. The molecule has 0 bridgehead atoms. The van der Waals surface area contributed by atoms with Crippen LogP contribution < -0.4 is 10.9 Å². The second-order valence-electron chi connectivity index (χ2n) is 7.56. The van der Waals surface area contributed by atoms with E-state index in [0.717, 1.165) is 11.1 Å². The highest BCUT2D eigenvalue weighted by Gasteiger charge is 2.21. The summed E-state index contributed by atoms with van der Waals surface area (Å²) in [5.74, 6) is 0.439. The molecule has 5 rings (SSSR count). The van der Waals surface area contributed by atoms with E-state index in [4.69, 9.17) is 28.2 Å². The monoisotopic (exact) mass is 461 g/mol. The molecule has 0 aliphatic carbocycles. The van der Waals surface area contributed by atoms with E-state index >= 15 is 0 Å². The fourth-order valence-corrected chi connectivity index (χ4v) is 4.13. The van der Waals surface area contributed by atoms with Crippen molar-refractivity contribution in [1.82, 2.24) is 9.55 Å². The zero-order valence-corrected chi connectivity index (χ0v) is 18.3. The van der Waals surface area contributed by atoms with Gasteiger partial charge in [0.1, 0.15) is 5.82 Å². The Bertz CT molecular complexity index is 1460. The number of allylic oxidation sites excluding steroid dienone is 1. The Hall–Kier alpha value is -3.41. The minimum absolute atomic E-state index is 0.0611. The largest absolute Gasteiger partial charge is 0.322 e. The lowest BCUT2D eigenvalue weighted by atomic mass is 10.1. The molecule has 1 aromatic heterocycles. The fourth-order valence-electron chi connectivity index (χ4n) is 3.84. The molecule has 1 N–H and O–H groups in total. The second kappa shape index (κ2) is 8.26. The number of nitrogens with zero attached hydrogens (tertiary/aromatic N) is 2. The third kappa shape index (κ3) is 3.93. The van der Waals surface area contributed by atoms with Gasteiger partial charge in [0.25, 0.3) is 11.5 Å². The Morgan fingerprint density at radius 1 is 1.00 bits per heavy atom. The number of nitrogens with one attached hydrogen (secondary N) is 1. The van der Waals surface area contributed by atoms with Crippen LogP contribution in [0.15, 0.2) is 71.5 Å². The van der Waals surface area contributed by atoms with Gasteiger partial charge in [-0.2, -0.15) is 0 Å². The molecule has 7 heteroatoms. The van der Waals surface area contributed by atoms with E-state index < -0.39 is 0 Å². The first-order valence-corrected chi connectivity index (χ1v) is 10.8. The second-order valence-corrected chi connectivity index (χ2v) is 8.43. The molecule has 0 saturated heterocycles. The summed E-state index contributed by atoms with van der Waals surface area (Å²) >= 11 is 12.0. The molecule has 0 spiro atoms. The van der Waals surface area contributed by atoms with Crippen LogP contribution in [-0.2, 0) is 6.54 Å². The van der Waals surface area contributed by atoms with Gasteiger partial charge in [-0.1, -0.05) is 35.3 Å². The zero-order chi connectivity index (χ0) is 22.2. The first-order valence-electron chi connectivity index (χ1n) is 10.1. The molecule has 2 heterocycles. The molecule has 0 unspecified atom stereocenters. The van der Waals surface area contributed by atoms with Crippen molar-refractivity contribution in [2.75, 3.05) is 5.32 Å². The Balaban J connectivity index is 1.46. The van der Waals surface area contributed by atoms with Crippen LogP contribution >= 0.6 is 23.2 Å². The normalized spacial score (nSPS) is 14.0. The third-order valence-corrected chi connectivity index (χ3v) is 5.89. The van der Waals surface area contributed by atoms with Crippen LogP contribution in [0.25, 0.3) is 22.6 Å². The van der Waals surface area contributed by atoms with Crippen LogP contribution in [0.3, 0.4) is 0 Å². The summed E-state index contributed by atoms with van der Waals surface area (Å²) in [6.07, 6.45) is 2.70. The van der Waals surface area contributed by atoms with Gasteiger partial charge in [-0.25, -0.2) is 4.98 Å². The summed E-state index contributed by atoms with van der Waals surface area (Å²) < 4.78 is 1.70. The number of carbonyl (C=O) groups excluding carboxylic acids is 1. The van der Waals surface area contributed by atoms with Crippen molar-refractivity contribution >= 4 is 57.3 Å². The van der Waals surface area contributed by atoms with Crippen molar-refractivity contribution in [2.45, 2.75) is 13.0 Å². The van der Waals surface area contributed by atoms with E-state index in [9.17, 15) is 9.59 Å². The molecule has 0 saturated carbocycles. The topological polar surface area (TPSA) is 64.0 Å². The lowest BCUT2D eigenvalue weighted by Crippen LogP contribution is -2.20. The molecule has 3 aromatic carbocycles. The molecule has 0 radical (unpaired) electrons. The number of amides is 1. The molecule has 1 aliphatic heterocycles. The maximum absolute atomic E-state index is 12.9. The number of hydrogen-bond acceptors (Lipinski definition) is 3. The molecule has 0 fully saturated rings. The molecule has 158 valence electrons. The van der Waals surface area contributed by atoms with E-state index in [0.29, 0.717) is 51.0 Å². The van der Waals surface area contributed by atoms with Crippen LogP contribution in [0.1, 0.15) is 28.2 Å². The van der Waals surface area contributed by atoms with E-state index in [-0.39, 0.29) is 11.5 Å². The van der Waals surface area contributed by atoms with Crippen molar-refractivity contribution in [2.24, 2.45) is 0 Å². The molecule has 1 aliphatic rings. The number of carbonyl (C=O) groups is 1. The Morgan fingerprint density at radius 2 is 1.78 bits per heavy atom. The van der Waals surface area contributed by atoms with Gasteiger partial charge >= 0.3 is 0 Å². The van der Waals surface area contributed by atoms with E-state index in [1.165, 1.54) is 0 Å². The average Bonchev–Trinajstić information content (AvgIpc) is 3.17. The number of anilines is 1. The van der Waals surface area contributed by atoms with Crippen LogP contribution in [0.4, 0.5) is 5.69 Å². The van der Waals surface area contributed by atoms with Gasteiger partial charge in [0, 0.05) is 27.8 Å². The standard InChI is InChI=1S/C25H17Cl2N3O2/c26-18-6-4-16(5-7-18)24(31)28-20-3-1-2-15(13-20)12-17-10-11-30-23(17)29-22-14-19(27)8-9-21(22)25(30)32/h1-9,12-14H,10-11H2,(H,28,31)/b17-12+. The molecule has 5 nitrogen and oxygen atoms in total. The summed E-state index contributed by atoms with van der Waals surface area (Å²) in [4.78, 5) is 30.1. The maximum atomic E-state index is 12.9. The molecule has 4 aromatic rings. The minimum Gasteiger partial charge on any atom is -0.322 e. The van der Waals surface area contributed by atoms with Crippen LogP contribution in [-0.4, -0.2) is 15.5 Å². The molecule has 32 heavy (non-hydrogen) atoms.